The third-order valence-electron chi connectivity index (χ3n) is 3.30. The van der Waals surface area contributed by atoms with Crippen LogP contribution >= 0.6 is 11.6 Å². The average molecular weight is 344 g/mol. The van der Waals surface area contributed by atoms with E-state index in [1.165, 1.54) is 11.0 Å². The number of hydrogen-bond donors (Lipinski definition) is 0. The van der Waals surface area contributed by atoms with Crippen molar-refractivity contribution in [3.05, 3.63) is 70.8 Å². The van der Waals surface area contributed by atoms with Gasteiger partial charge < -0.3 is 9.64 Å². The fourth-order valence-corrected chi connectivity index (χ4v) is 2.08. The van der Waals surface area contributed by atoms with Crippen LogP contribution in [0.25, 0.3) is 6.08 Å². The Hall–Kier alpha value is -2.59. The summed E-state index contributed by atoms with van der Waals surface area (Å²) < 4.78 is 5.41. The van der Waals surface area contributed by atoms with E-state index >= 15 is 0 Å². The molecule has 0 aromatic heterocycles. The van der Waals surface area contributed by atoms with Crippen molar-refractivity contribution in [1.82, 2.24) is 4.90 Å². The number of allylic oxidation sites excluding steroid dienone is 1. The smallest absolute Gasteiger partial charge is 0.259 e. The molecule has 0 heterocycles. The van der Waals surface area contributed by atoms with Crippen molar-refractivity contribution in [3.63, 3.8) is 0 Å². The lowest BCUT2D eigenvalue weighted by Gasteiger charge is -2.11. The second-order valence-electron chi connectivity index (χ2n) is 5.32. The highest BCUT2D eigenvalue weighted by Gasteiger charge is 2.07. The summed E-state index contributed by atoms with van der Waals surface area (Å²) in [7, 11) is 3.32. The van der Waals surface area contributed by atoms with Gasteiger partial charge >= 0.3 is 0 Å². The van der Waals surface area contributed by atoms with E-state index in [0.29, 0.717) is 16.3 Å². The number of likely N-dealkylation sites (N-methyl/N-ethyl adjacent to an activating group) is 1. The molecule has 24 heavy (non-hydrogen) atoms. The summed E-state index contributed by atoms with van der Waals surface area (Å²) in [6, 6.07) is 14.0. The zero-order valence-electron chi connectivity index (χ0n) is 13.5. The van der Waals surface area contributed by atoms with E-state index in [4.69, 9.17) is 16.3 Å². The van der Waals surface area contributed by atoms with Gasteiger partial charge in [0.25, 0.3) is 5.91 Å². The highest BCUT2D eigenvalue weighted by Crippen LogP contribution is 2.18. The quantitative estimate of drug-likeness (QED) is 0.593. The van der Waals surface area contributed by atoms with Gasteiger partial charge in [0.15, 0.2) is 12.4 Å². The number of nitrogens with zero attached hydrogens (tertiary/aromatic N) is 1. The molecule has 0 spiro atoms. The van der Waals surface area contributed by atoms with Crippen LogP contribution in [0.15, 0.2) is 54.6 Å². The topological polar surface area (TPSA) is 46.6 Å². The molecule has 2 aromatic rings. The summed E-state index contributed by atoms with van der Waals surface area (Å²) >= 11 is 6.06. The van der Waals surface area contributed by atoms with Gasteiger partial charge in [0.05, 0.1) is 0 Å². The van der Waals surface area contributed by atoms with E-state index in [1.807, 2.05) is 18.2 Å². The molecule has 124 valence electrons. The SMILES string of the molecule is CN(C)C(=O)COc1cccc(C(=O)/C=C/c2ccccc2Cl)c1. The van der Waals surface area contributed by atoms with Gasteiger partial charge in [0.1, 0.15) is 5.75 Å². The maximum atomic E-state index is 12.3. The number of carbonyl (C=O) groups is 2. The number of rotatable bonds is 6. The van der Waals surface area contributed by atoms with Crippen LogP contribution in [0, 0.1) is 0 Å². The first-order chi connectivity index (χ1) is 11.5. The second-order valence-corrected chi connectivity index (χ2v) is 5.73. The fraction of sp³-hybridized carbons (Fsp3) is 0.158. The van der Waals surface area contributed by atoms with Crippen LogP contribution in [0.2, 0.25) is 5.02 Å². The van der Waals surface area contributed by atoms with Crippen molar-refractivity contribution in [1.29, 1.82) is 0 Å². The van der Waals surface area contributed by atoms with Crippen LogP contribution in [0.1, 0.15) is 15.9 Å². The van der Waals surface area contributed by atoms with E-state index < -0.39 is 0 Å². The summed E-state index contributed by atoms with van der Waals surface area (Å²) in [4.78, 5) is 25.2. The van der Waals surface area contributed by atoms with Crippen LogP contribution in [-0.4, -0.2) is 37.3 Å². The molecule has 0 aliphatic carbocycles. The highest BCUT2D eigenvalue weighted by molar-refractivity contribution is 6.32. The molecular weight excluding hydrogens is 326 g/mol. The monoisotopic (exact) mass is 343 g/mol. The minimum absolute atomic E-state index is 0.0693. The van der Waals surface area contributed by atoms with Crippen LogP contribution in [-0.2, 0) is 4.79 Å². The van der Waals surface area contributed by atoms with Crippen LogP contribution < -0.4 is 4.74 Å². The summed E-state index contributed by atoms with van der Waals surface area (Å²) in [6.45, 7) is -0.0693. The van der Waals surface area contributed by atoms with Crippen molar-refractivity contribution in [3.8, 4) is 5.75 Å². The first-order valence-corrected chi connectivity index (χ1v) is 7.75. The standard InChI is InChI=1S/C19H18ClNO3/c1-21(2)19(23)13-24-16-8-5-7-15(12-16)18(22)11-10-14-6-3-4-9-17(14)20/h3-12H,13H2,1-2H3/b11-10+. The van der Waals surface area contributed by atoms with Crippen LogP contribution in [0.4, 0.5) is 0 Å². The molecule has 0 saturated heterocycles. The van der Waals surface area contributed by atoms with Gasteiger partial charge in [-0.15, -0.1) is 0 Å². The maximum Gasteiger partial charge on any atom is 0.259 e. The molecule has 1 amide bonds. The number of halogens is 1. The molecule has 0 aliphatic heterocycles. The van der Waals surface area contributed by atoms with Gasteiger partial charge in [0, 0.05) is 24.7 Å². The van der Waals surface area contributed by atoms with Gasteiger partial charge in [-0.2, -0.15) is 0 Å². The highest BCUT2D eigenvalue weighted by atomic mass is 35.5. The Morgan fingerprint density at radius 2 is 1.88 bits per heavy atom. The Morgan fingerprint density at radius 1 is 1.12 bits per heavy atom. The molecule has 5 heteroatoms. The third kappa shape index (κ3) is 4.96. The first-order valence-electron chi connectivity index (χ1n) is 7.37. The lowest BCUT2D eigenvalue weighted by molar-refractivity contribution is -0.130. The van der Waals surface area contributed by atoms with E-state index in [1.54, 1.807) is 50.5 Å². The predicted molar refractivity (Wildman–Crippen MR) is 95.4 cm³/mol. The molecule has 0 unspecified atom stereocenters. The van der Waals surface area contributed by atoms with Crippen molar-refractivity contribution >= 4 is 29.4 Å². The Morgan fingerprint density at radius 3 is 2.58 bits per heavy atom. The van der Waals surface area contributed by atoms with Crippen molar-refractivity contribution in [2.24, 2.45) is 0 Å². The van der Waals surface area contributed by atoms with E-state index in [9.17, 15) is 9.59 Å². The summed E-state index contributed by atoms with van der Waals surface area (Å²) in [5, 5.41) is 0.584. The average Bonchev–Trinajstić information content (AvgIpc) is 2.58. The van der Waals surface area contributed by atoms with Crippen molar-refractivity contribution in [2.75, 3.05) is 20.7 Å². The van der Waals surface area contributed by atoms with Gasteiger partial charge in [-0.3, -0.25) is 9.59 Å². The molecule has 4 nitrogen and oxygen atoms in total. The molecule has 2 rings (SSSR count). The Labute approximate surface area is 146 Å². The third-order valence-corrected chi connectivity index (χ3v) is 3.64. The first kappa shape index (κ1) is 17.8. The zero-order valence-corrected chi connectivity index (χ0v) is 14.3. The molecule has 0 fully saturated rings. The molecule has 0 saturated carbocycles. The van der Waals surface area contributed by atoms with Gasteiger partial charge in [-0.25, -0.2) is 0 Å². The summed E-state index contributed by atoms with van der Waals surface area (Å²) in [5.74, 6) is 0.159. The zero-order chi connectivity index (χ0) is 17.5. The lowest BCUT2D eigenvalue weighted by Crippen LogP contribution is -2.27. The largest absolute Gasteiger partial charge is 0.484 e. The predicted octanol–water partition coefficient (Wildman–Crippen LogP) is 3.70. The van der Waals surface area contributed by atoms with Gasteiger partial charge in [-0.05, 0) is 35.9 Å². The second kappa shape index (κ2) is 8.31. The lowest BCUT2D eigenvalue weighted by atomic mass is 10.1. The number of ketones is 1. The number of ether oxygens (including phenoxy) is 1. The van der Waals surface area contributed by atoms with Gasteiger partial charge in [0.2, 0.25) is 0 Å². The fourth-order valence-electron chi connectivity index (χ4n) is 1.89. The number of amides is 1. The van der Waals surface area contributed by atoms with Crippen molar-refractivity contribution < 1.29 is 14.3 Å². The number of hydrogen-bond acceptors (Lipinski definition) is 3. The number of benzene rings is 2. The summed E-state index contributed by atoms with van der Waals surface area (Å²) in [6.07, 6.45) is 3.14. The molecule has 0 radical (unpaired) electrons. The molecular formula is C19H18ClNO3. The summed E-state index contributed by atoms with van der Waals surface area (Å²) in [5.41, 5.74) is 1.25. The van der Waals surface area contributed by atoms with E-state index in [0.717, 1.165) is 5.56 Å². The molecule has 0 bridgehead atoms. The maximum absolute atomic E-state index is 12.3. The van der Waals surface area contributed by atoms with Crippen LogP contribution in [0.3, 0.4) is 0 Å². The molecule has 0 aliphatic rings. The van der Waals surface area contributed by atoms with Crippen molar-refractivity contribution in [2.45, 2.75) is 0 Å². The van der Waals surface area contributed by atoms with E-state index in [2.05, 4.69) is 0 Å². The molecule has 0 atom stereocenters. The number of carbonyl (C=O) groups excluding carboxylic acids is 2. The Bertz CT molecular complexity index is 769. The van der Waals surface area contributed by atoms with E-state index in [-0.39, 0.29) is 18.3 Å². The molecule has 2 aromatic carbocycles. The Kier molecular flexibility index (Phi) is 6.15. The van der Waals surface area contributed by atoms with Crippen LogP contribution in [0.5, 0.6) is 5.75 Å². The molecule has 0 N–H and O–H groups in total. The minimum Gasteiger partial charge on any atom is -0.484 e. The minimum atomic E-state index is -0.167. The van der Waals surface area contributed by atoms with Gasteiger partial charge in [-0.1, -0.05) is 41.9 Å². The normalized spacial score (nSPS) is 10.6. The Balaban J connectivity index is 2.06.